The van der Waals surface area contributed by atoms with E-state index >= 15 is 0 Å². The lowest BCUT2D eigenvalue weighted by molar-refractivity contribution is 0.320. The third-order valence-electron chi connectivity index (χ3n) is 1.34. The van der Waals surface area contributed by atoms with Gasteiger partial charge in [0, 0.05) is 4.47 Å². The van der Waals surface area contributed by atoms with Crippen molar-refractivity contribution in [1.82, 2.24) is 0 Å². The Balaban J connectivity index is 3.42. The predicted octanol–water partition coefficient (Wildman–Crippen LogP) is 3.10. The molecule has 70 valence electrons. The van der Waals surface area contributed by atoms with Crippen LogP contribution in [0.3, 0.4) is 0 Å². The molecule has 0 amide bonds. The Morgan fingerprint density at radius 1 is 1.46 bits per heavy atom. The lowest BCUT2D eigenvalue weighted by Gasteiger charge is -2.02. The van der Waals surface area contributed by atoms with Crippen molar-refractivity contribution in [2.75, 3.05) is 0 Å². The Morgan fingerprint density at radius 3 is 2.62 bits per heavy atom. The molecule has 0 radical (unpaired) electrons. The topological polar surface area (TPSA) is 32.6 Å². The Kier molecular flexibility index (Phi) is 3.22. The lowest BCUT2D eigenvalue weighted by atomic mass is 10.2. The number of rotatable bonds is 1. The van der Waals surface area contributed by atoms with E-state index in [1.165, 1.54) is 6.07 Å². The van der Waals surface area contributed by atoms with Gasteiger partial charge in [0.2, 0.25) is 0 Å². The van der Waals surface area contributed by atoms with Gasteiger partial charge in [-0.3, -0.25) is 0 Å². The van der Waals surface area contributed by atoms with E-state index in [1.54, 1.807) is 0 Å². The number of oxime groups is 1. The van der Waals surface area contributed by atoms with E-state index in [-0.39, 0.29) is 10.0 Å². The molecule has 2 nitrogen and oxygen atoms in total. The van der Waals surface area contributed by atoms with Gasteiger partial charge in [-0.25, -0.2) is 8.78 Å². The zero-order valence-electron chi connectivity index (χ0n) is 6.06. The van der Waals surface area contributed by atoms with Crippen LogP contribution >= 0.6 is 27.5 Å². The fraction of sp³-hybridized carbons (Fsp3) is 0. The average molecular weight is 270 g/mol. The highest BCUT2D eigenvalue weighted by Gasteiger charge is 2.16. The van der Waals surface area contributed by atoms with Crippen LogP contribution in [-0.2, 0) is 0 Å². The Morgan fingerprint density at radius 2 is 2.08 bits per heavy atom. The molecule has 0 fully saturated rings. The molecule has 0 saturated carbocycles. The van der Waals surface area contributed by atoms with E-state index < -0.39 is 16.8 Å². The minimum Gasteiger partial charge on any atom is -0.410 e. The molecule has 0 aromatic heterocycles. The molecule has 1 N–H and O–H groups in total. The second-order valence-corrected chi connectivity index (χ2v) is 3.32. The highest BCUT2D eigenvalue weighted by Crippen LogP contribution is 2.23. The fourth-order valence-corrected chi connectivity index (χ4v) is 1.56. The third-order valence-corrected chi connectivity index (χ3v) is 2.26. The first kappa shape index (κ1) is 10.4. The van der Waals surface area contributed by atoms with Crippen molar-refractivity contribution in [2.24, 2.45) is 5.16 Å². The summed E-state index contributed by atoms with van der Waals surface area (Å²) in [5, 5.41) is 10.3. The van der Waals surface area contributed by atoms with Crippen molar-refractivity contribution in [3.05, 3.63) is 33.8 Å². The molecule has 1 rings (SSSR count). The summed E-state index contributed by atoms with van der Waals surface area (Å²) in [6.45, 7) is 0. The molecule has 0 heterocycles. The first-order valence-corrected chi connectivity index (χ1v) is 4.26. The number of nitrogens with zero attached hydrogens (tertiary/aromatic N) is 1. The van der Waals surface area contributed by atoms with E-state index in [0.717, 1.165) is 6.07 Å². The van der Waals surface area contributed by atoms with E-state index in [4.69, 9.17) is 16.8 Å². The summed E-state index contributed by atoms with van der Waals surface area (Å²) in [4.78, 5) is 0. The van der Waals surface area contributed by atoms with Crippen molar-refractivity contribution < 1.29 is 14.0 Å². The summed E-state index contributed by atoms with van der Waals surface area (Å²) in [5.74, 6) is -2.21. The van der Waals surface area contributed by atoms with Gasteiger partial charge in [0.1, 0.15) is 0 Å². The van der Waals surface area contributed by atoms with Crippen LogP contribution in [0, 0.1) is 11.6 Å². The van der Waals surface area contributed by atoms with Crippen LogP contribution in [0.4, 0.5) is 8.78 Å². The minimum atomic E-state index is -1.16. The maximum Gasteiger partial charge on any atom is 0.179 e. The summed E-state index contributed by atoms with van der Waals surface area (Å²) in [6.07, 6.45) is 0. The Labute approximate surface area is 85.9 Å². The predicted molar refractivity (Wildman–Crippen MR) is 48.2 cm³/mol. The summed E-state index contributed by atoms with van der Waals surface area (Å²) in [7, 11) is 0. The third kappa shape index (κ3) is 1.97. The molecule has 1 aromatic rings. The number of halogens is 4. The number of benzene rings is 1. The van der Waals surface area contributed by atoms with Crippen molar-refractivity contribution in [3.63, 3.8) is 0 Å². The van der Waals surface area contributed by atoms with Gasteiger partial charge in [-0.2, -0.15) is 0 Å². The molecule has 0 atom stereocenters. The highest BCUT2D eigenvalue weighted by molar-refractivity contribution is 9.10. The molecule has 0 saturated heterocycles. The second kappa shape index (κ2) is 4.02. The molecular weight excluding hydrogens is 267 g/mol. The molecule has 0 aliphatic carbocycles. The van der Waals surface area contributed by atoms with Crippen LogP contribution in [0.15, 0.2) is 21.8 Å². The van der Waals surface area contributed by atoms with Gasteiger partial charge in [0.05, 0.1) is 5.56 Å². The van der Waals surface area contributed by atoms with Crippen LogP contribution in [0.2, 0.25) is 0 Å². The molecule has 0 aliphatic heterocycles. The van der Waals surface area contributed by atoms with E-state index in [2.05, 4.69) is 21.1 Å². The Hall–Kier alpha value is -0.680. The van der Waals surface area contributed by atoms with E-state index in [9.17, 15) is 8.78 Å². The summed E-state index contributed by atoms with van der Waals surface area (Å²) in [6, 6.07) is 2.20. The molecular formula is C7H3BrClF2NO. The van der Waals surface area contributed by atoms with Crippen molar-refractivity contribution >= 4 is 32.7 Å². The van der Waals surface area contributed by atoms with Crippen LogP contribution in [0.1, 0.15) is 5.56 Å². The Bertz CT molecular complexity index is 370. The maximum absolute atomic E-state index is 13.0. The first-order chi connectivity index (χ1) is 6.07. The largest absolute Gasteiger partial charge is 0.410 e. The molecule has 0 unspecified atom stereocenters. The standard InChI is InChI=1S/C7H3BrClF2NO/c8-3-1-2-4(10)6(11)5(3)7(9)12-13/h1-2,13H. The van der Waals surface area contributed by atoms with Crippen molar-refractivity contribution in [2.45, 2.75) is 0 Å². The van der Waals surface area contributed by atoms with Gasteiger partial charge in [-0.15, -0.1) is 0 Å². The van der Waals surface area contributed by atoms with Gasteiger partial charge in [-0.1, -0.05) is 16.8 Å². The smallest absolute Gasteiger partial charge is 0.179 e. The summed E-state index contributed by atoms with van der Waals surface area (Å²) in [5.41, 5.74) is -0.302. The fourth-order valence-electron chi connectivity index (χ4n) is 0.766. The molecule has 6 heteroatoms. The van der Waals surface area contributed by atoms with Crippen LogP contribution in [0.25, 0.3) is 0 Å². The lowest BCUT2D eigenvalue weighted by Crippen LogP contribution is -2.00. The minimum absolute atomic E-state index is 0.217. The second-order valence-electron chi connectivity index (χ2n) is 2.11. The van der Waals surface area contributed by atoms with Gasteiger partial charge in [0.25, 0.3) is 0 Å². The molecule has 0 bridgehead atoms. The number of hydrogen-bond acceptors (Lipinski definition) is 2. The van der Waals surface area contributed by atoms with Crippen molar-refractivity contribution in [3.8, 4) is 0 Å². The summed E-state index contributed by atoms with van der Waals surface area (Å²) >= 11 is 8.28. The average Bonchev–Trinajstić information content (AvgIpc) is 2.12. The van der Waals surface area contributed by atoms with Crippen LogP contribution < -0.4 is 0 Å². The molecule has 0 spiro atoms. The molecule has 1 aromatic carbocycles. The normalized spacial score (nSPS) is 11.8. The van der Waals surface area contributed by atoms with Gasteiger partial charge >= 0.3 is 0 Å². The first-order valence-electron chi connectivity index (χ1n) is 3.09. The zero-order chi connectivity index (χ0) is 10.0. The van der Waals surface area contributed by atoms with Crippen LogP contribution in [-0.4, -0.2) is 10.4 Å². The monoisotopic (exact) mass is 269 g/mol. The van der Waals surface area contributed by atoms with E-state index in [0.29, 0.717) is 0 Å². The SMILES string of the molecule is ON=C(Cl)c1c(Br)ccc(F)c1F. The van der Waals surface area contributed by atoms with Crippen molar-refractivity contribution in [1.29, 1.82) is 0 Å². The maximum atomic E-state index is 13.0. The van der Waals surface area contributed by atoms with Gasteiger partial charge in [0.15, 0.2) is 16.8 Å². The zero-order valence-corrected chi connectivity index (χ0v) is 8.40. The van der Waals surface area contributed by atoms with Crippen LogP contribution in [0.5, 0.6) is 0 Å². The molecule has 13 heavy (non-hydrogen) atoms. The van der Waals surface area contributed by atoms with Gasteiger partial charge < -0.3 is 5.21 Å². The van der Waals surface area contributed by atoms with Gasteiger partial charge in [-0.05, 0) is 28.1 Å². The highest BCUT2D eigenvalue weighted by atomic mass is 79.9. The quantitative estimate of drug-likeness (QED) is 0.362. The molecule has 0 aliphatic rings. The van der Waals surface area contributed by atoms with E-state index in [1.807, 2.05) is 0 Å². The summed E-state index contributed by atoms with van der Waals surface area (Å²) < 4.78 is 25.9. The number of hydrogen-bond donors (Lipinski definition) is 1.